The summed E-state index contributed by atoms with van der Waals surface area (Å²) >= 11 is 0. The van der Waals surface area contributed by atoms with E-state index in [0.717, 1.165) is 25.3 Å². The zero-order valence-corrected chi connectivity index (χ0v) is 11.7. The van der Waals surface area contributed by atoms with Crippen molar-refractivity contribution in [3.05, 3.63) is 24.0 Å². The first kappa shape index (κ1) is 13.3. The molecule has 1 aromatic rings. The second-order valence-electron chi connectivity index (χ2n) is 5.60. The number of rotatable bonds is 3. The van der Waals surface area contributed by atoms with Crippen LogP contribution in [0.25, 0.3) is 0 Å². The van der Waals surface area contributed by atoms with Crippen LogP contribution in [0, 0.1) is 0 Å². The van der Waals surface area contributed by atoms with E-state index in [1.165, 1.54) is 5.69 Å². The van der Waals surface area contributed by atoms with Crippen molar-refractivity contribution in [1.29, 1.82) is 0 Å². The van der Waals surface area contributed by atoms with Crippen molar-refractivity contribution in [1.82, 2.24) is 10.3 Å². The first-order valence-corrected chi connectivity index (χ1v) is 6.52. The third-order valence-corrected chi connectivity index (χ3v) is 3.09. The fraction of sp³-hybridized carbons (Fsp3) is 0.643. The molecule has 1 saturated heterocycles. The molecule has 4 nitrogen and oxygen atoms in total. The Morgan fingerprint density at radius 3 is 3.00 bits per heavy atom. The van der Waals surface area contributed by atoms with Gasteiger partial charge in [0.1, 0.15) is 0 Å². The number of hydrogen-bond donors (Lipinski definition) is 1. The summed E-state index contributed by atoms with van der Waals surface area (Å²) in [4.78, 5) is 6.74. The highest BCUT2D eigenvalue weighted by atomic mass is 16.5. The predicted molar refractivity (Wildman–Crippen MR) is 73.8 cm³/mol. The molecule has 4 heteroatoms. The molecule has 18 heavy (non-hydrogen) atoms. The van der Waals surface area contributed by atoms with Gasteiger partial charge in [-0.2, -0.15) is 0 Å². The molecule has 1 unspecified atom stereocenters. The lowest BCUT2D eigenvalue weighted by Gasteiger charge is -2.43. The van der Waals surface area contributed by atoms with Gasteiger partial charge in [-0.3, -0.25) is 4.98 Å². The molecule has 1 aliphatic heterocycles. The third-order valence-electron chi connectivity index (χ3n) is 3.09. The van der Waals surface area contributed by atoms with Gasteiger partial charge < -0.3 is 15.0 Å². The van der Waals surface area contributed by atoms with Crippen LogP contribution in [-0.2, 0) is 11.3 Å². The predicted octanol–water partition coefficient (Wildman–Crippen LogP) is 1.80. The maximum Gasteiger partial charge on any atom is 0.0805 e. The van der Waals surface area contributed by atoms with Gasteiger partial charge in [-0.25, -0.2) is 0 Å². The molecule has 0 radical (unpaired) electrons. The smallest absolute Gasteiger partial charge is 0.0805 e. The molecule has 0 spiro atoms. The van der Waals surface area contributed by atoms with Gasteiger partial charge in [0, 0.05) is 31.5 Å². The highest BCUT2D eigenvalue weighted by Crippen LogP contribution is 2.25. The van der Waals surface area contributed by atoms with E-state index in [2.05, 4.69) is 48.1 Å². The van der Waals surface area contributed by atoms with Gasteiger partial charge in [-0.15, -0.1) is 0 Å². The summed E-state index contributed by atoms with van der Waals surface area (Å²) in [5.74, 6) is 0. The van der Waals surface area contributed by atoms with Gasteiger partial charge in [0.15, 0.2) is 0 Å². The fourth-order valence-electron chi connectivity index (χ4n) is 2.59. The first-order chi connectivity index (χ1) is 8.50. The van der Waals surface area contributed by atoms with E-state index in [9.17, 15) is 0 Å². The topological polar surface area (TPSA) is 37.4 Å². The molecule has 2 heterocycles. The average Bonchev–Trinajstić information content (AvgIpc) is 2.27. The Bertz CT molecular complexity index is 406. The Balaban J connectivity index is 2.17. The van der Waals surface area contributed by atoms with Crippen LogP contribution in [0.2, 0.25) is 0 Å². The quantitative estimate of drug-likeness (QED) is 0.886. The summed E-state index contributed by atoms with van der Waals surface area (Å²) < 4.78 is 5.93. The number of aromatic nitrogens is 1. The number of ether oxygens (including phenoxy) is 1. The first-order valence-electron chi connectivity index (χ1n) is 6.52. The Labute approximate surface area is 109 Å². The summed E-state index contributed by atoms with van der Waals surface area (Å²) in [7, 11) is 1.94. The molecule has 0 amide bonds. The van der Waals surface area contributed by atoms with E-state index in [-0.39, 0.29) is 11.7 Å². The second kappa shape index (κ2) is 5.24. The largest absolute Gasteiger partial charge is 0.369 e. The van der Waals surface area contributed by atoms with E-state index in [0.29, 0.717) is 0 Å². The number of nitrogens with zero attached hydrogens (tertiary/aromatic N) is 2. The second-order valence-corrected chi connectivity index (χ2v) is 5.60. The van der Waals surface area contributed by atoms with E-state index >= 15 is 0 Å². The highest BCUT2D eigenvalue weighted by Gasteiger charge is 2.31. The average molecular weight is 249 g/mol. The highest BCUT2D eigenvalue weighted by molar-refractivity contribution is 5.47. The lowest BCUT2D eigenvalue weighted by atomic mass is 10.0. The summed E-state index contributed by atoms with van der Waals surface area (Å²) in [5, 5.41) is 3.13. The number of nitrogens with one attached hydrogen (secondary N) is 1. The van der Waals surface area contributed by atoms with E-state index in [4.69, 9.17) is 4.74 Å². The lowest BCUT2D eigenvalue weighted by Crippen LogP contribution is -2.52. The van der Waals surface area contributed by atoms with Crippen LogP contribution in [0.5, 0.6) is 0 Å². The summed E-state index contributed by atoms with van der Waals surface area (Å²) in [6.45, 7) is 9.07. The molecule has 1 fully saturated rings. The van der Waals surface area contributed by atoms with Crippen LogP contribution in [-0.4, -0.2) is 36.8 Å². The molecule has 100 valence electrons. The molecule has 0 bridgehead atoms. The Hall–Kier alpha value is -1.13. The van der Waals surface area contributed by atoms with Crippen LogP contribution >= 0.6 is 0 Å². The monoisotopic (exact) mass is 249 g/mol. The van der Waals surface area contributed by atoms with E-state index in [1.807, 2.05) is 13.2 Å². The minimum Gasteiger partial charge on any atom is -0.369 e. The van der Waals surface area contributed by atoms with Crippen molar-refractivity contribution in [2.75, 3.05) is 25.0 Å². The molecule has 0 aromatic carbocycles. The minimum absolute atomic E-state index is 0.0931. The molecule has 2 rings (SSSR count). The number of anilines is 1. The fourth-order valence-corrected chi connectivity index (χ4v) is 2.59. The van der Waals surface area contributed by atoms with Gasteiger partial charge in [-0.1, -0.05) is 0 Å². The van der Waals surface area contributed by atoms with Gasteiger partial charge in [0.25, 0.3) is 0 Å². The van der Waals surface area contributed by atoms with Crippen LogP contribution < -0.4 is 10.2 Å². The zero-order valence-electron chi connectivity index (χ0n) is 11.7. The van der Waals surface area contributed by atoms with Crippen LogP contribution in [0.1, 0.15) is 26.5 Å². The number of pyridine rings is 1. The lowest BCUT2D eigenvalue weighted by molar-refractivity contribution is -0.0749. The molecule has 1 atom stereocenters. The molecular formula is C14H23N3O. The van der Waals surface area contributed by atoms with Gasteiger partial charge in [-0.05, 0) is 40.0 Å². The Morgan fingerprint density at radius 2 is 2.33 bits per heavy atom. The van der Waals surface area contributed by atoms with Crippen molar-refractivity contribution in [2.24, 2.45) is 0 Å². The summed E-state index contributed by atoms with van der Waals surface area (Å²) in [6, 6.07) is 4.23. The minimum atomic E-state index is -0.0931. The SMILES string of the molecule is CNCc1cc(N2CC(C)OC(C)(C)C2)ccn1. The molecule has 1 N–H and O–H groups in total. The molecule has 1 aliphatic rings. The summed E-state index contributed by atoms with van der Waals surface area (Å²) in [5.41, 5.74) is 2.22. The standard InChI is InChI=1S/C14H23N3O/c1-11-9-17(10-14(2,3)18-11)13-5-6-16-12(7-13)8-15-4/h5-7,11,15H,8-10H2,1-4H3. The zero-order chi connectivity index (χ0) is 13.2. The van der Waals surface area contributed by atoms with E-state index < -0.39 is 0 Å². The third kappa shape index (κ3) is 3.21. The number of morpholine rings is 1. The van der Waals surface area contributed by atoms with Crippen molar-refractivity contribution in [3.63, 3.8) is 0 Å². The van der Waals surface area contributed by atoms with Crippen LogP contribution in [0.15, 0.2) is 18.3 Å². The van der Waals surface area contributed by atoms with Crippen LogP contribution in [0.3, 0.4) is 0 Å². The Kier molecular flexibility index (Phi) is 3.88. The van der Waals surface area contributed by atoms with Crippen molar-refractivity contribution < 1.29 is 4.74 Å². The van der Waals surface area contributed by atoms with Crippen molar-refractivity contribution in [2.45, 2.75) is 39.0 Å². The van der Waals surface area contributed by atoms with Gasteiger partial charge in [0.2, 0.25) is 0 Å². The molecule has 0 saturated carbocycles. The molecule has 0 aliphatic carbocycles. The van der Waals surface area contributed by atoms with Gasteiger partial charge >= 0.3 is 0 Å². The van der Waals surface area contributed by atoms with Crippen molar-refractivity contribution >= 4 is 5.69 Å². The number of hydrogen-bond acceptors (Lipinski definition) is 4. The molecule has 1 aromatic heterocycles. The maximum atomic E-state index is 5.93. The van der Waals surface area contributed by atoms with E-state index in [1.54, 1.807) is 0 Å². The maximum absolute atomic E-state index is 5.93. The van der Waals surface area contributed by atoms with Crippen molar-refractivity contribution in [3.8, 4) is 0 Å². The van der Waals surface area contributed by atoms with Gasteiger partial charge in [0.05, 0.1) is 17.4 Å². The summed E-state index contributed by atoms with van der Waals surface area (Å²) in [6.07, 6.45) is 2.14. The van der Waals surface area contributed by atoms with Crippen LogP contribution in [0.4, 0.5) is 5.69 Å². The normalized spacial score (nSPS) is 23.1. The molecular weight excluding hydrogens is 226 g/mol. The Morgan fingerprint density at radius 1 is 1.56 bits per heavy atom.